The van der Waals surface area contributed by atoms with Crippen LogP contribution >= 0.6 is 11.6 Å². The average Bonchev–Trinajstić information content (AvgIpc) is 1.85. The Labute approximate surface area is 73.6 Å². The molecule has 1 atom stereocenters. The van der Waals surface area contributed by atoms with Crippen molar-refractivity contribution >= 4 is 23.0 Å². The van der Waals surface area contributed by atoms with Crippen LogP contribution in [0.15, 0.2) is 0 Å². The molecule has 0 aromatic heterocycles. The van der Waals surface area contributed by atoms with Crippen molar-refractivity contribution < 1.29 is 12.9 Å². The highest BCUT2D eigenvalue weighted by molar-refractivity contribution is 7.74. The van der Waals surface area contributed by atoms with Crippen LogP contribution in [0.1, 0.15) is 32.1 Å². The first-order valence-electron chi connectivity index (χ1n) is 3.62. The second-order valence-electron chi connectivity index (χ2n) is 2.74. The summed E-state index contributed by atoms with van der Waals surface area (Å²) < 4.78 is 23.4. The first-order chi connectivity index (χ1) is 5.12. The number of alkyl halides is 1. The number of rotatable bonds is 2. The Hall–Kier alpha value is 0.360. The van der Waals surface area contributed by atoms with E-state index < -0.39 is 16.4 Å². The zero-order valence-electron chi connectivity index (χ0n) is 6.09. The highest BCUT2D eigenvalue weighted by Gasteiger charge is 2.32. The van der Waals surface area contributed by atoms with Crippen LogP contribution in [0.25, 0.3) is 0 Å². The van der Waals surface area contributed by atoms with Crippen molar-refractivity contribution in [1.29, 1.82) is 0 Å². The van der Waals surface area contributed by atoms with Crippen molar-refractivity contribution in [3.8, 4) is 0 Å². The Morgan fingerprint density at radius 3 is 2.36 bits per heavy atom. The van der Waals surface area contributed by atoms with Crippen LogP contribution in [0.2, 0.25) is 0 Å². The lowest BCUT2D eigenvalue weighted by atomic mass is 9.97. The van der Waals surface area contributed by atoms with Gasteiger partial charge in [-0.15, -0.1) is 0 Å². The van der Waals surface area contributed by atoms with Crippen LogP contribution in [-0.2, 0) is 15.5 Å². The average molecular weight is 199 g/mol. The van der Waals surface area contributed by atoms with Crippen molar-refractivity contribution in [1.82, 2.24) is 0 Å². The molecular weight excluding hydrogens is 188 g/mol. The fourth-order valence-electron chi connectivity index (χ4n) is 1.29. The van der Waals surface area contributed by atoms with Gasteiger partial charge in [-0.2, -0.15) is 4.21 Å². The molecule has 3 nitrogen and oxygen atoms in total. The molecule has 0 bridgehead atoms. The van der Waals surface area contributed by atoms with E-state index in [2.05, 4.69) is 4.18 Å². The third-order valence-electron chi connectivity index (χ3n) is 1.82. The summed E-state index contributed by atoms with van der Waals surface area (Å²) in [5, 5.41) is -0.877. The van der Waals surface area contributed by atoms with E-state index in [1.807, 2.05) is 0 Å². The maximum Gasteiger partial charge on any atom is 0.303 e. The van der Waals surface area contributed by atoms with Crippen molar-refractivity contribution in [2.75, 3.05) is 0 Å². The summed E-state index contributed by atoms with van der Waals surface area (Å²) in [7, 11) is 0. The smallest absolute Gasteiger partial charge is 0.284 e. The van der Waals surface area contributed by atoms with Gasteiger partial charge in [-0.25, -0.2) is 4.18 Å². The summed E-state index contributed by atoms with van der Waals surface area (Å²) >= 11 is 3.66. The van der Waals surface area contributed by atoms with Gasteiger partial charge in [0, 0.05) is 0 Å². The summed E-state index contributed by atoms with van der Waals surface area (Å²) in [4.78, 5) is 0. The van der Waals surface area contributed by atoms with Gasteiger partial charge in [0.2, 0.25) is 0 Å². The Morgan fingerprint density at radius 1 is 1.36 bits per heavy atom. The molecule has 1 rings (SSSR count). The molecule has 0 heterocycles. The van der Waals surface area contributed by atoms with E-state index in [1.165, 1.54) is 0 Å². The van der Waals surface area contributed by atoms with Crippen LogP contribution in [0, 0.1) is 0 Å². The molecule has 11 heavy (non-hydrogen) atoms. The Bertz CT molecular complexity index is 156. The standard InChI is InChI=1S/C6H11ClO3S/c7-6(10-11(8)9)4-2-1-3-5-6/h1-5H2,(H,8,9). The summed E-state index contributed by atoms with van der Waals surface area (Å²) in [6.07, 6.45) is 4.42. The molecule has 1 fully saturated rings. The van der Waals surface area contributed by atoms with Crippen molar-refractivity contribution in [3.63, 3.8) is 0 Å². The van der Waals surface area contributed by atoms with E-state index in [-0.39, 0.29) is 0 Å². The lowest BCUT2D eigenvalue weighted by Crippen LogP contribution is -2.29. The number of hydrogen-bond acceptors (Lipinski definition) is 2. The van der Waals surface area contributed by atoms with Crippen molar-refractivity contribution in [3.05, 3.63) is 0 Å². The molecule has 0 spiro atoms. The largest absolute Gasteiger partial charge is 0.303 e. The molecule has 1 unspecified atom stereocenters. The minimum Gasteiger partial charge on any atom is -0.284 e. The molecule has 1 saturated carbocycles. The first-order valence-corrected chi connectivity index (χ1v) is 5.03. The van der Waals surface area contributed by atoms with Gasteiger partial charge in [0.1, 0.15) is 0 Å². The molecule has 1 aliphatic carbocycles. The van der Waals surface area contributed by atoms with Crippen molar-refractivity contribution in [2.45, 2.75) is 37.2 Å². The molecule has 0 saturated heterocycles. The van der Waals surface area contributed by atoms with E-state index in [4.69, 9.17) is 16.2 Å². The third kappa shape index (κ3) is 3.07. The minimum absolute atomic E-state index is 0.668. The van der Waals surface area contributed by atoms with Gasteiger partial charge in [-0.05, 0) is 25.7 Å². The normalized spacial score (nSPS) is 26.4. The van der Waals surface area contributed by atoms with Crippen LogP contribution in [0.3, 0.4) is 0 Å². The number of halogens is 1. The molecule has 0 amide bonds. The van der Waals surface area contributed by atoms with Gasteiger partial charge < -0.3 is 0 Å². The van der Waals surface area contributed by atoms with Crippen molar-refractivity contribution in [2.24, 2.45) is 0 Å². The van der Waals surface area contributed by atoms with E-state index in [0.717, 1.165) is 19.3 Å². The molecule has 0 aliphatic heterocycles. The van der Waals surface area contributed by atoms with Gasteiger partial charge in [-0.1, -0.05) is 18.0 Å². The van der Waals surface area contributed by atoms with Crippen LogP contribution < -0.4 is 0 Å². The van der Waals surface area contributed by atoms with E-state index in [9.17, 15) is 4.21 Å². The predicted molar refractivity (Wildman–Crippen MR) is 43.5 cm³/mol. The van der Waals surface area contributed by atoms with Crippen LogP contribution in [-0.4, -0.2) is 13.8 Å². The highest BCUT2D eigenvalue weighted by atomic mass is 35.5. The molecule has 0 aromatic rings. The summed E-state index contributed by atoms with van der Waals surface area (Å²) in [6, 6.07) is 0. The SMILES string of the molecule is O=S(O)OC1(Cl)CCCCC1. The second-order valence-corrected chi connectivity index (χ2v) is 4.03. The molecule has 5 heteroatoms. The Kier molecular flexibility index (Phi) is 3.30. The fourth-order valence-corrected chi connectivity index (χ4v) is 2.14. The van der Waals surface area contributed by atoms with Gasteiger partial charge in [0.15, 0.2) is 5.06 Å². The third-order valence-corrected chi connectivity index (χ3v) is 2.83. The molecule has 0 radical (unpaired) electrons. The second kappa shape index (κ2) is 3.85. The summed E-state index contributed by atoms with van der Waals surface area (Å²) in [6.45, 7) is 0. The van der Waals surface area contributed by atoms with Crippen LogP contribution in [0.4, 0.5) is 0 Å². The maximum absolute atomic E-state index is 10.3. The van der Waals surface area contributed by atoms with E-state index in [1.54, 1.807) is 0 Å². The molecular formula is C6H11ClO3S. The highest BCUT2D eigenvalue weighted by Crippen LogP contribution is 2.35. The topological polar surface area (TPSA) is 46.5 Å². The zero-order valence-corrected chi connectivity index (χ0v) is 7.66. The van der Waals surface area contributed by atoms with Gasteiger partial charge in [0.25, 0.3) is 0 Å². The maximum atomic E-state index is 10.3. The lowest BCUT2D eigenvalue weighted by Gasteiger charge is -2.28. The summed E-state index contributed by atoms with van der Waals surface area (Å²) in [5.74, 6) is 0. The van der Waals surface area contributed by atoms with E-state index in [0.29, 0.717) is 12.8 Å². The zero-order chi connectivity index (χ0) is 8.32. The van der Waals surface area contributed by atoms with E-state index >= 15 is 0 Å². The molecule has 0 aromatic carbocycles. The Balaban J connectivity index is 2.43. The van der Waals surface area contributed by atoms with Gasteiger partial charge in [-0.3, -0.25) is 4.55 Å². The lowest BCUT2D eigenvalue weighted by molar-refractivity contribution is 0.117. The van der Waals surface area contributed by atoms with Gasteiger partial charge >= 0.3 is 11.4 Å². The Morgan fingerprint density at radius 2 is 1.91 bits per heavy atom. The van der Waals surface area contributed by atoms with Gasteiger partial charge in [0.05, 0.1) is 0 Å². The number of hydrogen-bond donors (Lipinski definition) is 1. The quantitative estimate of drug-likeness (QED) is 0.546. The summed E-state index contributed by atoms with van der Waals surface area (Å²) in [5.41, 5.74) is 0. The monoisotopic (exact) mass is 198 g/mol. The van der Waals surface area contributed by atoms with Crippen LogP contribution in [0.5, 0.6) is 0 Å². The molecule has 1 N–H and O–H groups in total. The molecule has 1 aliphatic rings. The molecule has 66 valence electrons. The minimum atomic E-state index is -2.23. The fraction of sp³-hybridized carbons (Fsp3) is 1.00. The predicted octanol–water partition coefficient (Wildman–Crippen LogP) is 2.04. The first kappa shape index (κ1) is 9.45.